The van der Waals surface area contributed by atoms with Gasteiger partial charge in [0, 0.05) is 37.9 Å². The highest BCUT2D eigenvalue weighted by molar-refractivity contribution is 7.89. The van der Waals surface area contributed by atoms with Crippen molar-refractivity contribution in [3.63, 3.8) is 0 Å². The number of amides is 1. The Morgan fingerprint density at radius 1 is 1.15 bits per heavy atom. The summed E-state index contributed by atoms with van der Waals surface area (Å²) in [5, 5.41) is 6.83. The van der Waals surface area contributed by atoms with E-state index in [9.17, 15) is 13.2 Å². The van der Waals surface area contributed by atoms with Crippen molar-refractivity contribution >= 4 is 27.6 Å². The van der Waals surface area contributed by atoms with Crippen LogP contribution in [0.5, 0.6) is 0 Å². The van der Waals surface area contributed by atoms with E-state index in [0.717, 1.165) is 5.56 Å². The van der Waals surface area contributed by atoms with Crippen LogP contribution in [0.3, 0.4) is 0 Å². The topological polar surface area (TPSA) is 120 Å². The van der Waals surface area contributed by atoms with Crippen LogP contribution in [-0.4, -0.2) is 75.9 Å². The molecular weight excluding hydrogens is 442 g/mol. The number of amidine groups is 1. The molecule has 0 spiro atoms. The number of likely N-dealkylation sites (N-methyl/N-ethyl adjacent to an activating group) is 2. The van der Waals surface area contributed by atoms with Crippen LogP contribution in [0.25, 0.3) is 0 Å². The van der Waals surface area contributed by atoms with Crippen molar-refractivity contribution in [1.82, 2.24) is 9.21 Å². The first kappa shape index (κ1) is 24.7. The number of rotatable bonds is 10. The third-order valence-electron chi connectivity index (χ3n) is 5.83. The van der Waals surface area contributed by atoms with E-state index in [1.807, 2.05) is 42.3 Å². The lowest BCUT2D eigenvalue weighted by Gasteiger charge is -2.25. The van der Waals surface area contributed by atoms with E-state index >= 15 is 0 Å². The van der Waals surface area contributed by atoms with Crippen molar-refractivity contribution in [3.05, 3.63) is 65.7 Å². The molecule has 0 saturated carbocycles. The Kier molecular flexibility index (Phi) is 7.72. The SMILES string of the molecule is CC(c1ccccc1)S(=O)(=O)N(C)CCN(C)CC1CN(c2ccc(C(=N)N)cc2)C(=O)O1. The zero-order valence-electron chi connectivity index (χ0n) is 19.1. The fourth-order valence-electron chi connectivity index (χ4n) is 3.69. The first-order chi connectivity index (χ1) is 15.6. The maximum Gasteiger partial charge on any atom is 0.414 e. The van der Waals surface area contributed by atoms with Crippen molar-refractivity contribution in [2.24, 2.45) is 5.73 Å². The number of nitrogen functional groups attached to an aromatic ring is 1. The van der Waals surface area contributed by atoms with E-state index in [4.69, 9.17) is 15.9 Å². The van der Waals surface area contributed by atoms with Crippen molar-refractivity contribution in [3.8, 4) is 0 Å². The summed E-state index contributed by atoms with van der Waals surface area (Å²) in [6.45, 7) is 3.39. The minimum absolute atomic E-state index is 0.0322. The highest BCUT2D eigenvalue weighted by atomic mass is 32.2. The summed E-state index contributed by atoms with van der Waals surface area (Å²) >= 11 is 0. The van der Waals surface area contributed by atoms with Gasteiger partial charge in [0.2, 0.25) is 10.0 Å². The summed E-state index contributed by atoms with van der Waals surface area (Å²) in [7, 11) is -0.0270. The third kappa shape index (κ3) is 5.89. The van der Waals surface area contributed by atoms with Crippen LogP contribution in [0.1, 0.15) is 23.3 Å². The fourth-order valence-corrected chi connectivity index (χ4v) is 5.07. The van der Waals surface area contributed by atoms with E-state index in [2.05, 4.69) is 0 Å². The van der Waals surface area contributed by atoms with Crippen LogP contribution >= 0.6 is 0 Å². The highest BCUT2D eigenvalue weighted by Crippen LogP contribution is 2.24. The average Bonchev–Trinajstić information content (AvgIpc) is 3.17. The minimum Gasteiger partial charge on any atom is -0.443 e. The van der Waals surface area contributed by atoms with Gasteiger partial charge in [-0.3, -0.25) is 10.3 Å². The first-order valence-corrected chi connectivity index (χ1v) is 12.2. The molecule has 2 unspecified atom stereocenters. The molecule has 3 N–H and O–H groups in total. The number of sulfonamides is 1. The van der Waals surface area contributed by atoms with Gasteiger partial charge in [-0.1, -0.05) is 30.3 Å². The molecule has 2 aromatic carbocycles. The molecule has 3 rings (SSSR count). The largest absolute Gasteiger partial charge is 0.443 e. The number of hydrogen-bond acceptors (Lipinski definition) is 6. The highest BCUT2D eigenvalue weighted by Gasteiger charge is 2.33. The number of carbonyl (C=O) groups excluding carboxylic acids is 1. The van der Waals surface area contributed by atoms with Crippen LogP contribution in [0.2, 0.25) is 0 Å². The molecule has 2 aromatic rings. The predicted octanol–water partition coefficient (Wildman–Crippen LogP) is 2.25. The molecule has 10 heteroatoms. The maximum atomic E-state index is 12.9. The molecule has 1 amide bonds. The Bertz CT molecular complexity index is 1080. The van der Waals surface area contributed by atoms with E-state index in [1.165, 1.54) is 4.31 Å². The summed E-state index contributed by atoms with van der Waals surface area (Å²) in [6, 6.07) is 16.0. The molecule has 1 fully saturated rings. The standard InChI is InChI=1S/C23H31N5O4S/c1-17(18-7-5-4-6-8-18)33(30,31)27(3)14-13-26(2)15-21-16-28(23(29)32-21)20-11-9-19(10-12-20)22(24)25/h4-12,17,21H,13-16H2,1-3H3,(H3,24,25). The maximum absolute atomic E-state index is 12.9. The molecular formula is C23H31N5O4S. The molecule has 0 radical (unpaired) electrons. The van der Waals surface area contributed by atoms with Gasteiger partial charge in [-0.2, -0.15) is 0 Å². The van der Waals surface area contributed by atoms with Gasteiger partial charge in [-0.25, -0.2) is 17.5 Å². The number of ether oxygens (including phenoxy) is 1. The summed E-state index contributed by atoms with van der Waals surface area (Å²) in [5.74, 6) is -0.0322. The normalized spacial score (nSPS) is 17.4. The van der Waals surface area contributed by atoms with Gasteiger partial charge in [-0.15, -0.1) is 0 Å². The molecule has 1 aliphatic rings. The second-order valence-corrected chi connectivity index (χ2v) is 10.6. The van der Waals surface area contributed by atoms with Gasteiger partial charge < -0.3 is 15.4 Å². The molecule has 178 valence electrons. The van der Waals surface area contributed by atoms with Crippen molar-refractivity contribution in [1.29, 1.82) is 5.41 Å². The monoisotopic (exact) mass is 473 g/mol. The van der Waals surface area contributed by atoms with Gasteiger partial charge in [0.05, 0.1) is 11.8 Å². The van der Waals surface area contributed by atoms with Crippen molar-refractivity contribution in [2.75, 3.05) is 45.2 Å². The smallest absolute Gasteiger partial charge is 0.414 e. The number of nitrogens with two attached hydrogens (primary N) is 1. The molecule has 0 aliphatic carbocycles. The van der Waals surface area contributed by atoms with E-state index < -0.39 is 21.4 Å². The van der Waals surface area contributed by atoms with Gasteiger partial charge in [0.15, 0.2) is 0 Å². The number of anilines is 1. The Morgan fingerprint density at radius 2 is 1.79 bits per heavy atom. The van der Waals surface area contributed by atoms with Gasteiger partial charge in [-0.05, 0) is 43.8 Å². The first-order valence-electron chi connectivity index (χ1n) is 10.7. The molecule has 33 heavy (non-hydrogen) atoms. The van der Waals surface area contributed by atoms with Gasteiger partial charge in [0.25, 0.3) is 0 Å². The van der Waals surface area contributed by atoms with E-state index in [-0.39, 0.29) is 11.9 Å². The number of nitrogens with zero attached hydrogens (tertiary/aromatic N) is 3. The van der Waals surface area contributed by atoms with E-state index in [0.29, 0.717) is 37.4 Å². The lowest BCUT2D eigenvalue weighted by atomic mass is 10.2. The Morgan fingerprint density at radius 3 is 2.39 bits per heavy atom. The number of benzene rings is 2. The molecule has 0 bridgehead atoms. The average molecular weight is 474 g/mol. The fraction of sp³-hybridized carbons (Fsp3) is 0.391. The molecule has 1 saturated heterocycles. The van der Waals surface area contributed by atoms with Crippen LogP contribution in [0.4, 0.5) is 10.5 Å². The lowest BCUT2D eigenvalue weighted by molar-refractivity contribution is 0.116. The molecule has 2 atom stereocenters. The molecule has 1 aliphatic heterocycles. The van der Waals surface area contributed by atoms with Crippen LogP contribution in [0.15, 0.2) is 54.6 Å². The number of nitrogens with one attached hydrogen (secondary N) is 1. The second-order valence-electron chi connectivity index (χ2n) is 8.26. The summed E-state index contributed by atoms with van der Waals surface area (Å²) < 4.78 is 32.7. The summed E-state index contributed by atoms with van der Waals surface area (Å²) in [4.78, 5) is 15.8. The Balaban J connectivity index is 1.52. The zero-order valence-corrected chi connectivity index (χ0v) is 20.0. The van der Waals surface area contributed by atoms with Crippen molar-refractivity contribution in [2.45, 2.75) is 18.3 Å². The van der Waals surface area contributed by atoms with Gasteiger partial charge >= 0.3 is 6.09 Å². The summed E-state index contributed by atoms with van der Waals surface area (Å²) in [6.07, 6.45) is -0.763. The second kappa shape index (κ2) is 10.3. The molecule has 9 nitrogen and oxygen atoms in total. The molecule has 0 aromatic heterocycles. The summed E-state index contributed by atoms with van der Waals surface area (Å²) in [5.41, 5.74) is 7.50. The number of cyclic esters (lactones) is 1. The predicted molar refractivity (Wildman–Crippen MR) is 129 cm³/mol. The Hall–Kier alpha value is -2.95. The van der Waals surface area contributed by atoms with Crippen LogP contribution in [-0.2, 0) is 14.8 Å². The number of hydrogen-bond donors (Lipinski definition) is 2. The third-order valence-corrected chi connectivity index (χ3v) is 8.04. The Labute approximate surface area is 195 Å². The zero-order chi connectivity index (χ0) is 24.2. The molecule has 1 heterocycles. The number of carbonyl (C=O) groups is 1. The quantitative estimate of drug-likeness (QED) is 0.403. The van der Waals surface area contributed by atoms with Gasteiger partial charge in [0.1, 0.15) is 11.9 Å². The van der Waals surface area contributed by atoms with Crippen LogP contribution in [0, 0.1) is 5.41 Å². The van der Waals surface area contributed by atoms with E-state index in [1.54, 1.807) is 43.1 Å². The minimum atomic E-state index is -3.49. The van der Waals surface area contributed by atoms with Crippen molar-refractivity contribution < 1.29 is 17.9 Å². The lowest BCUT2D eigenvalue weighted by Crippen LogP contribution is -2.39. The van der Waals surface area contributed by atoms with Crippen LogP contribution < -0.4 is 10.6 Å².